The fourth-order valence-electron chi connectivity index (χ4n) is 4.59. The Morgan fingerprint density at radius 3 is 2.32 bits per heavy atom. The monoisotopic (exact) mass is 480 g/mol. The van der Waals surface area contributed by atoms with Gasteiger partial charge in [0.25, 0.3) is 5.91 Å². The van der Waals surface area contributed by atoms with E-state index in [1.807, 2.05) is 42.5 Å². The van der Waals surface area contributed by atoms with Crippen molar-refractivity contribution in [3.05, 3.63) is 59.2 Å². The molecule has 2 saturated heterocycles. The summed E-state index contributed by atoms with van der Waals surface area (Å²) in [6, 6.07) is 15.8. The molecular formula is C25H29ClN6O2. The largest absolute Gasteiger partial charge is 0.379 e. The van der Waals surface area contributed by atoms with E-state index in [0.717, 1.165) is 86.3 Å². The van der Waals surface area contributed by atoms with Gasteiger partial charge in [0, 0.05) is 63.1 Å². The second kappa shape index (κ2) is 10.5. The third kappa shape index (κ3) is 4.94. The number of hydrogen-bond acceptors (Lipinski definition) is 7. The van der Waals surface area contributed by atoms with E-state index in [9.17, 15) is 4.79 Å². The Bertz CT molecular complexity index is 1150. The summed E-state index contributed by atoms with van der Waals surface area (Å²) in [6.45, 7) is 7.94. The quantitative estimate of drug-likeness (QED) is 0.581. The normalized spacial score (nSPS) is 17.2. The first-order chi connectivity index (χ1) is 16.7. The molecule has 3 heterocycles. The molecule has 34 heavy (non-hydrogen) atoms. The Hall–Kier alpha value is -2.94. The minimum Gasteiger partial charge on any atom is -0.379 e. The van der Waals surface area contributed by atoms with Gasteiger partial charge >= 0.3 is 0 Å². The number of amides is 1. The molecule has 2 fully saturated rings. The maximum Gasteiger partial charge on any atom is 0.272 e. The lowest BCUT2D eigenvalue weighted by Crippen LogP contribution is -2.47. The molecule has 0 radical (unpaired) electrons. The number of aromatic nitrogens is 2. The molecule has 5 rings (SSSR count). The molecule has 0 aliphatic carbocycles. The molecule has 2 aromatic carbocycles. The lowest BCUT2D eigenvalue weighted by Gasteiger charge is -2.37. The fraction of sp³-hybridized carbons (Fsp3) is 0.400. The summed E-state index contributed by atoms with van der Waals surface area (Å²) in [6.07, 6.45) is 0. The van der Waals surface area contributed by atoms with E-state index in [1.54, 1.807) is 0 Å². The molecule has 0 unspecified atom stereocenters. The van der Waals surface area contributed by atoms with Gasteiger partial charge in [-0.15, -0.1) is 10.2 Å². The zero-order valence-corrected chi connectivity index (χ0v) is 19.9. The van der Waals surface area contributed by atoms with Crippen molar-refractivity contribution in [2.45, 2.75) is 0 Å². The summed E-state index contributed by atoms with van der Waals surface area (Å²) in [4.78, 5) is 19.8. The van der Waals surface area contributed by atoms with Gasteiger partial charge in [-0.1, -0.05) is 48.0 Å². The van der Waals surface area contributed by atoms with Gasteiger partial charge in [-0.3, -0.25) is 9.69 Å². The van der Waals surface area contributed by atoms with E-state index < -0.39 is 0 Å². The van der Waals surface area contributed by atoms with Gasteiger partial charge in [0.05, 0.1) is 23.9 Å². The molecule has 1 aromatic heterocycles. The second-order valence-electron chi connectivity index (χ2n) is 8.55. The first-order valence-corrected chi connectivity index (χ1v) is 12.2. The fourth-order valence-corrected chi connectivity index (χ4v) is 4.85. The molecule has 0 bridgehead atoms. The van der Waals surface area contributed by atoms with Crippen LogP contribution in [0, 0.1) is 0 Å². The lowest BCUT2D eigenvalue weighted by molar-refractivity contribution is 0.0383. The van der Waals surface area contributed by atoms with Crippen LogP contribution in [-0.2, 0) is 4.74 Å². The Morgan fingerprint density at radius 1 is 0.882 bits per heavy atom. The zero-order valence-electron chi connectivity index (χ0n) is 19.1. The molecule has 9 heteroatoms. The van der Waals surface area contributed by atoms with Crippen molar-refractivity contribution >= 4 is 39.8 Å². The highest BCUT2D eigenvalue weighted by molar-refractivity contribution is 6.33. The number of para-hydroxylation sites is 1. The van der Waals surface area contributed by atoms with E-state index >= 15 is 0 Å². The highest BCUT2D eigenvalue weighted by atomic mass is 35.5. The minimum absolute atomic E-state index is 0.188. The average Bonchev–Trinajstić information content (AvgIpc) is 2.89. The Balaban J connectivity index is 1.28. The molecule has 2 aliphatic rings. The van der Waals surface area contributed by atoms with Crippen LogP contribution < -0.4 is 15.1 Å². The maximum atomic E-state index is 12.9. The van der Waals surface area contributed by atoms with Crippen molar-refractivity contribution in [3.63, 3.8) is 0 Å². The van der Waals surface area contributed by atoms with Crippen molar-refractivity contribution in [1.82, 2.24) is 20.4 Å². The van der Waals surface area contributed by atoms with E-state index in [2.05, 4.69) is 36.3 Å². The highest BCUT2D eigenvalue weighted by Gasteiger charge is 2.23. The van der Waals surface area contributed by atoms with Crippen LogP contribution in [0.25, 0.3) is 10.8 Å². The number of halogens is 1. The third-order valence-corrected chi connectivity index (χ3v) is 6.79. The van der Waals surface area contributed by atoms with Crippen molar-refractivity contribution < 1.29 is 9.53 Å². The van der Waals surface area contributed by atoms with Crippen LogP contribution in [0.3, 0.4) is 0 Å². The van der Waals surface area contributed by atoms with Crippen molar-refractivity contribution in [3.8, 4) is 0 Å². The van der Waals surface area contributed by atoms with Crippen LogP contribution in [0.5, 0.6) is 0 Å². The number of anilines is 2. The van der Waals surface area contributed by atoms with Crippen LogP contribution in [0.2, 0.25) is 5.02 Å². The lowest BCUT2D eigenvalue weighted by atomic mass is 10.1. The Morgan fingerprint density at radius 2 is 1.56 bits per heavy atom. The van der Waals surface area contributed by atoms with Crippen molar-refractivity contribution in [2.75, 3.05) is 75.4 Å². The summed E-state index contributed by atoms with van der Waals surface area (Å²) < 4.78 is 5.38. The second-order valence-corrected chi connectivity index (χ2v) is 8.96. The standard InChI is InChI=1S/C25H29ClN6O2/c26-21-7-3-4-8-22(21)31-11-13-32(14-12-31)24-20-6-2-1-5-19(20)23(28-29-24)25(33)27-9-10-30-15-17-34-18-16-30/h1-8H,9-18H2,(H,27,33). The highest BCUT2D eigenvalue weighted by Crippen LogP contribution is 2.29. The number of benzene rings is 2. The predicted molar refractivity (Wildman–Crippen MR) is 135 cm³/mol. The molecule has 1 amide bonds. The van der Waals surface area contributed by atoms with Gasteiger partial charge in [-0.25, -0.2) is 0 Å². The molecule has 178 valence electrons. The zero-order chi connectivity index (χ0) is 23.3. The number of nitrogens with zero attached hydrogens (tertiary/aromatic N) is 5. The molecule has 3 aromatic rings. The molecule has 8 nitrogen and oxygen atoms in total. The van der Waals surface area contributed by atoms with E-state index in [4.69, 9.17) is 16.3 Å². The van der Waals surface area contributed by atoms with Crippen molar-refractivity contribution in [2.24, 2.45) is 0 Å². The maximum absolute atomic E-state index is 12.9. The minimum atomic E-state index is -0.188. The van der Waals surface area contributed by atoms with Gasteiger partial charge in [-0.05, 0) is 12.1 Å². The SMILES string of the molecule is O=C(NCCN1CCOCC1)c1nnc(N2CCN(c3ccccc3Cl)CC2)c2ccccc12. The molecule has 0 saturated carbocycles. The number of hydrogen-bond donors (Lipinski definition) is 1. The number of fused-ring (bicyclic) bond motifs is 1. The molecular weight excluding hydrogens is 452 g/mol. The van der Waals surface area contributed by atoms with Gasteiger partial charge in [0.1, 0.15) is 0 Å². The summed E-state index contributed by atoms with van der Waals surface area (Å²) in [7, 11) is 0. The van der Waals surface area contributed by atoms with Crippen LogP contribution in [0.1, 0.15) is 10.5 Å². The number of morpholine rings is 1. The van der Waals surface area contributed by atoms with Gasteiger partial charge in [0.15, 0.2) is 11.5 Å². The molecule has 1 N–H and O–H groups in total. The average molecular weight is 481 g/mol. The molecule has 0 atom stereocenters. The van der Waals surface area contributed by atoms with Crippen LogP contribution >= 0.6 is 11.6 Å². The summed E-state index contributed by atoms with van der Waals surface area (Å²) >= 11 is 6.39. The van der Waals surface area contributed by atoms with Crippen LogP contribution in [0.15, 0.2) is 48.5 Å². The van der Waals surface area contributed by atoms with E-state index in [-0.39, 0.29) is 5.91 Å². The number of piperazine rings is 1. The number of rotatable bonds is 6. The van der Waals surface area contributed by atoms with E-state index in [0.29, 0.717) is 12.2 Å². The van der Waals surface area contributed by atoms with Crippen LogP contribution in [-0.4, -0.2) is 86.6 Å². The number of carbonyl (C=O) groups is 1. The third-order valence-electron chi connectivity index (χ3n) is 6.47. The van der Waals surface area contributed by atoms with Gasteiger partial charge in [0.2, 0.25) is 0 Å². The summed E-state index contributed by atoms with van der Waals surface area (Å²) in [5.74, 6) is 0.631. The van der Waals surface area contributed by atoms with Crippen LogP contribution in [0.4, 0.5) is 11.5 Å². The first-order valence-electron chi connectivity index (χ1n) is 11.8. The summed E-state index contributed by atoms with van der Waals surface area (Å²) in [5.41, 5.74) is 1.43. The Kier molecular flexibility index (Phi) is 7.08. The van der Waals surface area contributed by atoms with Crippen molar-refractivity contribution in [1.29, 1.82) is 0 Å². The number of carbonyl (C=O) groups excluding carboxylic acids is 1. The number of nitrogens with one attached hydrogen (secondary N) is 1. The number of ether oxygens (including phenoxy) is 1. The summed E-state index contributed by atoms with van der Waals surface area (Å²) in [5, 5.41) is 14.4. The molecule has 2 aliphatic heterocycles. The predicted octanol–water partition coefficient (Wildman–Crippen LogP) is 2.67. The Labute approximate surface area is 204 Å². The molecule has 0 spiro atoms. The van der Waals surface area contributed by atoms with Gasteiger partial charge in [-0.2, -0.15) is 0 Å². The van der Waals surface area contributed by atoms with E-state index in [1.165, 1.54) is 0 Å². The van der Waals surface area contributed by atoms with Gasteiger partial charge < -0.3 is 19.9 Å². The first kappa shape index (κ1) is 22.8. The topological polar surface area (TPSA) is 73.8 Å². The smallest absolute Gasteiger partial charge is 0.272 e.